The van der Waals surface area contributed by atoms with Crippen LogP contribution in [-0.2, 0) is 4.79 Å². The summed E-state index contributed by atoms with van der Waals surface area (Å²) in [5.74, 6) is -0.423. The molecule has 3 rings (SSSR count). The number of hydrogen-bond donors (Lipinski definition) is 3. The zero-order valence-corrected chi connectivity index (χ0v) is 15.8. The summed E-state index contributed by atoms with van der Waals surface area (Å²) in [6.07, 6.45) is 0. The Morgan fingerprint density at radius 1 is 1.18 bits per heavy atom. The highest BCUT2D eigenvalue weighted by Crippen LogP contribution is 2.29. The Bertz CT molecular complexity index is 1000. The number of carbonyl (C=O) groups is 2. The van der Waals surface area contributed by atoms with Crippen LogP contribution in [0, 0.1) is 17.0 Å². The maximum atomic E-state index is 12.9. The third kappa shape index (κ3) is 3.96. The number of hydrogen-bond acceptors (Lipinski definition) is 4. The number of nitrogens with one attached hydrogen (secondary N) is 3. The third-order valence-electron chi connectivity index (χ3n) is 4.38. The van der Waals surface area contributed by atoms with E-state index in [2.05, 4.69) is 16.0 Å². The van der Waals surface area contributed by atoms with E-state index in [4.69, 9.17) is 11.6 Å². The van der Waals surface area contributed by atoms with Crippen molar-refractivity contribution in [2.45, 2.75) is 19.9 Å². The number of urea groups is 1. The van der Waals surface area contributed by atoms with Crippen molar-refractivity contribution < 1.29 is 14.5 Å². The van der Waals surface area contributed by atoms with Gasteiger partial charge < -0.3 is 16.0 Å². The van der Waals surface area contributed by atoms with Crippen LogP contribution in [-0.4, -0.2) is 16.9 Å². The summed E-state index contributed by atoms with van der Waals surface area (Å²) in [7, 11) is 0. The number of nitro benzene ring substituents is 1. The van der Waals surface area contributed by atoms with Crippen molar-refractivity contribution in [2.75, 3.05) is 5.32 Å². The van der Waals surface area contributed by atoms with Crippen LogP contribution in [0.2, 0.25) is 5.02 Å². The van der Waals surface area contributed by atoms with Gasteiger partial charge in [0.15, 0.2) is 0 Å². The van der Waals surface area contributed by atoms with E-state index in [0.29, 0.717) is 27.5 Å². The SMILES string of the molecule is CC1=C(C(=O)Nc2ccc(C)c(Cl)c2)C(c2ccc([N+](=O)[O-])cc2)NC(=O)N1. The van der Waals surface area contributed by atoms with Gasteiger partial charge in [0.25, 0.3) is 11.6 Å². The summed E-state index contributed by atoms with van der Waals surface area (Å²) in [5, 5.41) is 19.4. The number of carbonyl (C=O) groups excluding carboxylic acids is 2. The lowest BCUT2D eigenvalue weighted by Gasteiger charge is -2.28. The molecule has 9 heteroatoms. The van der Waals surface area contributed by atoms with Crippen molar-refractivity contribution in [1.29, 1.82) is 0 Å². The standard InChI is InChI=1S/C19H17ClN4O4/c1-10-3-6-13(9-15(10)20)22-18(25)16-11(2)21-19(26)23-17(16)12-4-7-14(8-5-12)24(27)28/h3-9,17H,1-2H3,(H,22,25)(H2,21,23,26). The fourth-order valence-corrected chi connectivity index (χ4v) is 3.08. The number of nitrogens with zero attached hydrogens (tertiary/aromatic N) is 1. The van der Waals surface area contributed by atoms with Gasteiger partial charge in [0.1, 0.15) is 0 Å². The predicted octanol–water partition coefficient (Wildman–Crippen LogP) is 3.82. The quantitative estimate of drug-likeness (QED) is 0.534. The smallest absolute Gasteiger partial charge is 0.319 e. The van der Waals surface area contributed by atoms with Crippen molar-refractivity contribution in [1.82, 2.24) is 10.6 Å². The van der Waals surface area contributed by atoms with Crippen molar-refractivity contribution in [3.63, 3.8) is 0 Å². The molecule has 1 heterocycles. The summed E-state index contributed by atoms with van der Waals surface area (Å²) < 4.78 is 0. The first-order valence-electron chi connectivity index (χ1n) is 8.36. The molecular formula is C19H17ClN4O4. The van der Waals surface area contributed by atoms with Gasteiger partial charge in [-0.25, -0.2) is 4.79 Å². The van der Waals surface area contributed by atoms with Gasteiger partial charge in [-0.1, -0.05) is 17.7 Å². The van der Waals surface area contributed by atoms with Crippen LogP contribution in [0.3, 0.4) is 0 Å². The molecule has 0 spiro atoms. The monoisotopic (exact) mass is 400 g/mol. The zero-order valence-electron chi connectivity index (χ0n) is 15.1. The van der Waals surface area contributed by atoms with Crippen LogP contribution in [0.15, 0.2) is 53.7 Å². The van der Waals surface area contributed by atoms with Gasteiger partial charge in [-0.15, -0.1) is 0 Å². The summed E-state index contributed by atoms with van der Waals surface area (Å²) in [6.45, 7) is 3.47. The second-order valence-electron chi connectivity index (χ2n) is 6.34. The fraction of sp³-hybridized carbons (Fsp3) is 0.158. The number of halogens is 1. The lowest BCUT2D eigenvalue weighted by Crippen LogP contribution is -2.45. The van der Waals surface area contributed by atoms with Crippen molar-refractivity contribution in [3.05, 3.63) is 80.0 Å². The van der Waals surface area contributed by atoms with E-state index < -0.39 is 22.9 Å². The third-order valence-corrected chi connectivity index (χ3v) is 4.79. The molecule has 3 amide bonds. The average Bonchev–Trinajstić information content (AvgIpc) is 2.64. The number of allylic oxidation sites excluding steroid dienone is 1. The number of rotatable bonds is 4. The van der Waals surface area contributed by atoms with E-state index in [0.717, 1.165) is 5.56 Å². The molecule has 8 nitrogen and oxygen atoms in total. The molecule has 1 atom stereocenters. The van der Waals surface area contributed by atoms with Gasteiger partial charge in [0.2, 0.25) is 0 Å². The Hall–Kier alpha value is -3.39. The lowest BCUT2D eigenvalue weighted by atomic mass is 9.94. The summed E-state index contributed by atoms with van der Waals surface area (Å²) in [4.78, 5) is 35.2. The highest BCUT2D eigenvalue weighted by atomic mass is 35.5. The van der Waals surface area contributed by atoms with Gasteiger partial charge in [-0.2, -0.15) is 0 Å². The molecular weight excluding hydrogens is 384 g/mol. The molecule has 1 aliphatic heterocycles. The van der Waals surface area contributed by atoms with Crippen LogP contribution in [0.5, 0.6) is 0 Å². The van der Waals surface area contributed by atoms with Crippen LogP contribution in [0.25, 0.3) is 0 Å². The van der Waals surface area contributed by atoms with Gasteiger partial charge in [0, 0.05) is 28.5 Å². The van der Waals surface area contributed by atoms with Gasteiger partial charge in [-0.05, 0) is 49.2 Å². The fourth-order valence-electron chi connectivity index (χ4n) is 2.90. The molecule has 1 unspecified atom stereocenters. The number of amides is 3. The molecule has 0 aliphatic carbocycles. The summed E-state index contributed by atoms with van der Waals surface area (Å²) in [5.41, 5.74) is 2.55. The molecule has 28 heavy (non-hydrogen) atoms. The molecule has 1 aliphatic rings. The Morgan fingerprint density at radius 2 is 1.86 bits per heavy atom. The molecule has 2 aromatic rings. The first-order chi connectivity index (χ1) is 13.3. The maximum absolute atomic E-state index is 12.9. The minimum Gasteiger partial charge on any atom is -0.327 e. The highest BCUT2D eigenvalue weighted by Gasteiger charge is 2.31. The Morgan fingerprint density at radius 3 is 2.46 bits per heavy atom. The number of benzene rings is 2. The zero-order chi connectivity index (χ0) is 20.4. The van der Waals surface area contributed by atoms with Gasteiger partial charge >= 0.3 is 6.03 Å². The van der Waals surface area contributed by atoms with E-state index in [1.54, 1.807) is 25.1 Å². The largest absolute Gasteiger partial charge is 0.327 e. The topological polar surface area (TPSA) is 113 Å². The van der Waals surface area contributed by atoms with Gasteiger partial charge in [0.05, 0.1) is 16.5 Å². The molecule has 0 bridgehead atoms. The maximum Gasteiger partial charge on any atom is 0.319 e. The molecule has 0 aromatic heterocycles. The van der Waals surface area contributed by atoms with E-state index in [9.17, 15) is 19.7 Å². The van der Waals surface area contributed by atoms with Crippen molar-refractivity contribution in [2.24, 2.45) is 0 Å². The van der Waals surface area contributed by atoms with E-state index in [1.165, 1.54) is 24.3 Å². The number of nitro groups is 1. The molecule has 2 aromatic carbocycles. The molecule has 3 N–H and O–H groups in total. The number of aryl methyl sites for hydroxylation is 1. The molecule has 0 radical (unpaired) electrons. The Balaban J connectivity index is 1.93. The molecule has 0 saturated carbocycles. The molecule has 144 valence electrons. The lowest BCUT2D eigenvalue weighted by molar-refractivity contribution is -0.384. The Labute approximate surface area is 165 Å². The summed E-state index contributed by atoms with van der Waals surface area (Å²) in [6, 6.07) is 9.61. The van der Waals surface area contributed by atoms with E-state index >= 15 is 0 Å². The van der Waals surface area contributed by atoms with E-state index in [-0.39, 0.29) is 5.69 Å². The molecule has 0 saturated heterocycles. The average molecular weight is 401 g/mol. The number of anilines is 1. The van der Waals surface area contributed by atoms with Crippen LogP contribution in [0.4, 0.5) is 16.2 Å². The van der Waals surface area contributed by atoms with Crippen LogP contribution >= 0.6 is 11.6 Å². The minimum atomic E-state index is -0.754. The summed E-state index contributed by atoms with van der Waals surface area (Å²) >= 11 is 6.11. The number of non-ortho nitro benzene ring substituents is 1. The minimum absolute atomic E-state index is 0.0787. The highest BCUT2D eigenvalue weighted by molar-refractivity contribution is 6.31. The first kappa shape index (κ1) is 19.4. The normalized spacial score (nSPS) is 16.2. The second-order valence-corrected chi connectivity index (χ2v) is 6.74. The molecule has 0 fully saturated rings. The predicted molar refractivity (Wildman–Crippen MR) is 105 cm³/mol. The van der Waals surface area contributed by atoms with Crippen molar-refractivity contribution >= 4 is 34.9 Å². The van der Waals surface area contributed by atoms with Gasteiger partial charge in [-0.3, -0.25) is 14.9 Å². The Kier molecular flexibility index (Phi) is 5.32. The second kappa shape index (κ2) is 7.69. The van der Waals surface area contributed by atoms with Crippen LogP contribution in [0.1, 0.15) is 24.1 Å². The van der Waals surface area contributed by atoms with Crippen molar-refractivity contribution in [3.8, 4) is 0 Å². The first-order valence-corrected chi connectivity index (χ1v) is 8.74. The van der Waals surface area contributed by atoms with E-state index in [1.807, 2.05) is 6.92 Å². The van der Waals surface area contributed by atoms with Crippen LogP contribution < -0.4 is 16.0 Å².